The Balaban J connectivity index is 1.86. The highest BCUT2D eigenvalue weighted by Crippen LogP contribution is 2.37. The summed E-state index contributed by atoms with van der Waals surface area (Å²) in [5.74, 6) is -0.369. The van der Waals surface area contributed by atoms with Crippen LogP contribution in [0.2, 0.25) is 0 Å². The topological polar surface area (TPSA) is 96.2 Å². The summed E-state index contributed by atoms with van der Waals surface area (Å²) in [5.41, 5.74) is 5.15. The molecule has 0 saturated carbocycles. The van der Waals surface area contributed by atoms with Gasteiger partial charge in [-0.05, 0) is 43.1 Å². The number of rotatable bonds is 4. The molecule has 3 amide bonds. The van der Waals surface area contributed by atoms with Gasteiger partial charge in [0, 0.05) is 17.5 Å². The van der Waals surface area contributed by atoms with Gasteiger partial charge >= 0.3 is 12.2 Å². The zero-order chi connectivity index (χ0) is 20.3. The van der Waals surface area contributed by atoms with Crippen molar-refractivity contribution in [3.8, 4) is 10.4 Å². The van der Waals surface area contributed by atoms with Crippen LogP contribution in [-0.4, -0.2) is 31.1 Å². The minimum Gasteiger partial charge on any atom is -0.351 e. The van der Waals surface area contributed by atoms with Crippen molar-refractivity contribution in [2.24, 2.45) is 5.73 Å². The second-order valence-electron chi connectivity index (χ2n) is 6.43. The van der Waals surface area contributed by atoms with Crippen LogP contribution >= 0.6 is 11.3 Å². The highest BCUT2D eigenvalue weighted by molar-refractivity contribution is 7.20. The molecule has 0 spiro atoms. The monoisotopic (exact) mass is 412 g/mol. The van der Waals surface area contributed by atoms with Crippen molar-refractivity contribution >= 4 is 28.3 Å². The molecule has 150 valence electrons. The third-order valence-corrected chi connectivity index (χ3v) is 5.44. The third-order valence-electron chi connectivity index (χ3n) is 4.34. The Labute approximate surface area is 163 Å². The van der Waals surface area contributed by atoms with Gasteiger partial charge in [0.2, 0.25) is 0 Å². The second kappa shape index (κ2) is 8.19. The zero-order valence-electron chi connectivity index (χ0n) is 14.7. The summed E-state index contributed by atoms with van der Waals surface area (Å²) >= 11 is 1.07. The van der Waals surface area contributed by atoms with Crippen molar-refractivity contribution in [3.63, 3.8) is 0 Å². The van der Waals surface area contributed by atoms with Gasteiger partial charge in [0.25, 0.3) is 5.91 Å². The molecule has 1 fully saturated rings. The largest absolute Gasteiger partial charge is 0.416 e. The maximum atomic E-state index is 12.7. The van der Waals surface area contributed by atoms with Gasteiger partial charge in [0.1, 0.15) is 5.00 Å². The second-order valence-corrected chi connectivity index (χ2v) is 7.49. The van der Waals surface area contributed by atoms with E-state index in [4.69, 9.17) is 5.73 Å². The molecule has 6 nitrogen and oxygen atoms in total. The lowest BCUT2D eigenvalue weighted by Crippen LogP contribution is -2.45. The lowest BCUT2D eigenvalue weighted by atomic mass is 10.1. The first-order valence-electron chi connectivity index (χ1n) is 8.63. The Kier molecular flexibility index (Phi) is 5.90. The molecule has 1 aliphatic heterocycles. The smallest absolute Gasteiger partial charge is 0.351 e. The number of carbonyl (C=O) groups excluding carboxylic acids is 2. The molecule has 2 heterocycles. The number of piperidine rings is 1. The third kappa shape index (κ3) is 4.82. The first kappa shape index (κ1) is 20.2. The summed E-state index contributed by atoms with van der Waals surface area (Å²) in [6.45, 7) is 1.55. The Hall–Kier alpha value is -2.59. The molecule has 5 N–H and O–H groups in total. The van der Waals surface area contributed by atoms with Gasteiger partial charge in [-0.1, -0.05) is 12.1 Å². The van der Waals surface area contributed by atoms with Crippen LogP contribution in [0.4, 0.5) is 23.0 Å². The van der Waals surface area contributed by atoms with E-state index in [1.54, 1.807) is 6.07 Å². The van der Waals surface area contributed by atoms with E-state index in [1.165, 1.54) is 12.1 Å². The van der Waals surface area contributed by atoms with Gasteiger partial charge in [-0.2, -0.15) is 13.2 Å². The molecule has 1 atom stereocenters. The number of nitrogens with one attached hydrogen (secondary N) is 3. The van der Waals surface area contributed by atoms with Crippen molar-refractivity contribution in [2.75, 3.05) is 18.4 Å². The van der Waals surface area contributed by atoms with Crippen LogP contribution in [0, 0.1) is 0 Å². The van der Waals surface area contributed by atoms with E-state index in [9.17, 15) is 22.8 Å². The van der Waals surface area contributed by atoms with Crippen molar-refractivity contribution in [1.82, 2.24) is 10.6 Å². The molecule has 0 aliphatic carbocycles. The number of carbonyl (C=O) groups is 2. The number of primary amides is 1. The molecule has 2 aromatic rings. The highest BCUT2D eigenvalue weighted by atomic mass is 32.1. The van der Waals surface area contributed by atoms with E-state index in [0.717, 1.165) is 42.9 Å². The summed E-state index contributed by atoms with van der Waals surface area (Å²) in [6.07, 6.45) is -2.64. The minimum atomic E-state index is -4.42. The van der Waals surface area contributed by atoms with E-state index in [0.29, 0.717) is 17.0 Å². The van der Waals surface area contributed by atoms with E-state index >= 15 is 0 Å². The molecule has 3 rings (SSSR count). The zero-order valence-corrected chi connectivity index (χ0v) is 15.5. The van der Waals surface area contributed by atoms with Gasteiger partial charge in [-0.15, -0.1) is 11.3 Å². The summed E-state index contributed by atoms with van der Waals surface area (Å²) in [5, 5.41) is 8.77. The van der Waals surface area contributed by atoms with E-state index in [1.807, 2.05) is 0 Å². The van der Waals surface area contributed by atoms with Crippen LogP contribution in [0.25, 0.3) is 10.4 Å². The van der Waals surface area contributed by atoms with E-state index in [-0.39, 0.29) is 22.5 Å². The van der Waals surface area contributed by atoms with Crippen molar-refractivity contribution in [2.45, 2.75) is 25.1 Å². The van der Waals surface area contributed by atoms with Crippen LogP contribution < -0.4 is 21.7 Å². The molecule has 1 aromatic carbocycles. The van der Waals surface area contributed by atoms with Crippen LogP contribution in [0.1, 0.15) is 28.8 Å². The maximum absolute atomic E-state index is 12.7. The summed E-state index contributed by atoms with van der Waals surface area (Å²) in [6, 6.07) is 5.30. The number of urea groups is 1. The molecular formula is C18H19F3N4O2S. The van der Waals surface area contributed by atoms with Crippen LogP contribution in [0.15, 0.2) is 30.3 Å². The van der Waals surface area contributed by atoms with Gasteiger partial charge in [-0.25, -0.2) is 4.79 Å². The van der Waals surface area contributed by atoms with Crippen molar-refractivity contribution in [1.29, 1.82) is 0 Å². The lowest BCUT2D eigenvalue weighted by molar-refractivity contribution is -0.137. The van der Waals surface area contributed by atoms with Gasteiger partial charge in [0.15, 0.2) is 0 Å². The standard InChI is InChI=1S/C18H19F3N4O2S/c19-18(20,21)11-5-3-10(4-6-11)14-8-13(16(28-14)25-17(22)27)15(26)24-12-2-1-7-23-9-12/h3-6,8,12,23H,1-2,7,9H2,(H,24,26)(H3,22,25,27). The number of hydrogen-bond acceptors (Lipinski definition) is 4. The molecule has 1 aliphatic rings. The van der Waals surface area contributed by atoms with Crippen molar-refractivity contribution in [3.05, 3.63) is 41.5 Å². The number of nitrogens with two attached hydrogens (primary N) is 1. The first-order chi connectivity index (χ1) is 13.2. The molecule has 1 saturated heterocycles. The fourth-order valence-corrected chi connectivity index (χ4v) is 4.03. The molecule has 1 aromatic heterocycles. The van der Waals surface area contributed by atoms with Crippen LogP contribution in [-0.2, 0) is 6.18 Å². The number of halogens is 3. The van der Waals surface area contributed by atoms with Crippen molar-refractivity contribution < 1.29 is 22.8 Å². The molecule has 28 heavy (non-hydrogen) atoms. The van der Waals surface area contributed by atoms with Gasteiger partial charge in [-0.3, -0.25) is 10.1 Å². The average Bonchev–Trinajstić information content (AvgIpc) is 3.05. The summed E-state index contributed by atoms with van der Waals surface area (Å²) in [7, 11) is 0. The number of anilines is 1. The van der Waals surface area contributed by atoms with E-state index in [2.05, 4.69) is 16.0 Å². The number of amides is 3. The summed E-state index contributed by atoms with van der Waals surface area (Å²) < 4.78 is 38.2. The molecule has 0 bridgehead atoms. The Morgan fingerprint density at radius 2 is 1.93 bits per heavy atom. The minimum absolute atomic E-state index is 0.0305. The molecule has 10 heteroatoms. The predicted molar refractivity (Wildman–Crippen MR) is 101 cm³/mol. The fourth-order valence-electron chi connectivity index (χ4n) is 2.97. The van der Waals surface area contributed by atoms with Crippen LogP contribution in [0.5, 0.6) is 0 Å². The molecule has 1 unspecified atom stereocenters. The van der Waals surface area contributed by atoms with Gasteiger partial charge < -0.3 is 16.4 Å². The maximum Gasteiger partial charge on any atom is 0.416 e. The quantitative estimate of drug-likeness (QED) is 0.620. The normalized spacial score (nSPS) is 17.2. The first-order valence-corrected chi connectivity index (χ1v) is 9.45. The molecule has 0 radical (unpaired) electrons. The fraction of sp³-hybridized carbons (Fsp3) is 0.333. The van der Waals surface area contributed by atoms with E-state index < -0.39 is 17.8 Å². The Bertz CT molecular complexity index is 859. The SMILES string of the molecule is NC(=O)Nc1sc(-c2ccc(C(F)(F)F)cc2)cc1C(=O)NC1CCCNC1. The number of benzene rings is 1. The number of thiophene rings is 1. The number of alkyl halides is 3. The Morgan fingerprint density at radius 1 is 1.21 bits per heavy atom. The number of hydrogen-bond donors (Lipinski definition) is 4. The lowest BCUT2D eigenvalue weighted by Gasteiger charge is -2.23. The average molecular weight is 412 g/mol. The summed E-state index contributed by atoms with van der Waals surface area (Å²) in [4.78, 5) is 24.5. The Morgan fingerprint density at radius 3 is 2.50 bits per heavy atom. The molecular weight excluding hydrogens is 393 g/mol. The van der Waals surface area contributed by atoms with Crippen LogP contribution in [0.3, 0.4) is 0 Å². The predicted octanol–water partition coefficient (Wildman–Crippen LogP) is 3.41. The highest BCUT2D eigenvalue weighted by Gasteiger charge is 2.30. The van der Waals surface area contributed by atoms with Gasteiger partial charge in [0.05, 0.1) is 11.1 Å².